The highest BCUT2D eigenvalue weighted by Gasteiger charge is 2.34. The number of aryl methyl sites for hydroxylation is 2. The highest BCUT2D eigenvalue weighted by atomic mass is 32.2. The molecule has 0 radical (unpaired) electrons. The third kappa shape index (κ3) is 13.7. The van der Waals surface area contributed by atoms with E-state index in [1.807, 2.05) is 26.0 Å². The number of hydrogen-bond acceptors (Lipinski definition) is 13. The van der Waals surface area contributed by atoms with Gasteiger partial charge in [-0.15, -0.1) is 22.7 Å². The summed E-state index contributed by atoms with van der Waals surface area (Å²) < 4.78 is 4.44. The van der Waals surface area contributed by atoms with Gasteiger partial charge in [0.15, 0.2) is 0 Å². The predicted octanol–water partition coefficient (Wildman–Crippen LogP) is 8.98. The SMILES string of the molecule is CCCCCCN1c2ccc(/C=C(/C=c3/s/c(=C4/SC(=S)N(CC)C4=O)n(CC(=O)O)c3=O)CCCCC)cc2CCc2cc(/C=C(/C=c3/s/c(=C4/SC(=S)N(CC)C4=O)n(CC(=O)O)c3=O)CCCCC)ccc21. The molecular weight excluding hydrogens is 1060 g/mol. The second-order valence-electron chi connectivity index (χ2n) is 18.7. The summed E-state index contributed by atoms with van der Waals surface area (Å²) in [6.07, 6.45) is 21.2. The van der Waals surface area contributed by atoms with Gasteiger partial charge < -0.3 is 15.1 Å². The van der Waals surface area contributed by atoms with Crippen molar-refractivity contribution in [3.05, 3.63) is 109 Å². The number of allylic oxidation sites excluding steroid dienone is 2. The molecule has 2 fully saturated rings. The molecule has 2 saturated heterocycles. The van der Waals surface area contributed by atoms with E-state index in [2.05, 4.69) is 74.2 Å². The zero-order valence-electron chi connectivity index (χ0n) is 43.2. The summed E-state index contributed by atoms with van der Waals surface area (Å²) in [6, 6.07) is 13.2. The van der Waals surface area contributed by atoms with Crippen molar-refractivity contribution in [2.45, 2.75) is 138 Å². The first-order chi connectivity index (χ1) is 36.1. The fourth-order valence-electron chi connectivity index (χ4n) is 9.48. The summed E-state index contributed by atoms with van der Waals surface area (Å²) >= 11 is 15.4. The van der Waals surface area contributed by atoms with Gasteiger partial charge in [0.1, 0.15) is 40.9 Å². The van der Waals surface area contributed by atoms with Gasteiger partial charge in [-0.3, -0.25) is 47.7 Å². The minimum Gasteiger partial charge on any atom is -0.480 e. The van der Waals surface area contributed by atoms with Gasteiger partial charge in [-0.2, -0.15) is 0 Å². The van der Waals surface area contributed by atoms with Crippen LogP contribution in [0.3, 0.4) is 0 Å². The van der Waals surface area contributed by atoms with Gasteiger partial charge in [-0.1, -0.05) is 138 Å². The fraction of sp³-hybridized carbons (Fsp3) is 0.429. The molecule has 7 rings (SSSR count). The highest BCUT2D eigenvalue weighted by molar-refractivity contribution is 8.30. The predicted molar refractivity (Wildman–Crippen MR) is 318 cm³/mol. The lowest BCUT2D eigenvalue weighted by atomic mass is 9.98. The summed E-state index contributed by atoms with van der Waals surface area (Å²) in [6.45, 7) is 10.6. The molecule has 4 aromatic rings. The lowest BCUT2D eigenvalue weighted by Gasteiger charge is -2.27. The first-order valence-electron chi connectivity index (χ1n) is 26.0. The van der Waals surface area contributed by atoms with Crippen LogP contribution in [0.1, 0.15) is 134 Å². The number of thiocarbonyl (C=S) groups is 2. The van der Waals surface area contributed by atoms with E-state index in [1.165, 1.54) is 30.1 Å². The number of carbonyl (C=O) groups excluding carboxylic acids is 2. The van der Waals surface area contributed by atoms with Crippen molar-refractivity contribution in [1.82, 2.24) is 18.9 Å². The number of carboxylic acid groups (broad SMARTS) is 2. The molecule has 2 aromatic carbocycles. The van der Waals surface area contributed by atoms with Crippen LogP contribution in [-0.4, -0.2) is 81.2 Å². The minimum absolute atomic E-state index is 0.269. The molecule has 0 saturated carbocycles. The molecule has 0 bridgehead atoms. The number of amides is 2. The van der Waals surface area contributed by atoms with E-state index >= 15 is 0 Å². The highest BCUT2D eigenvalue weighted by Crippen LogP contribution is 2.39. The van der Waals surface area contributed by atoms with Crippen molar-refractivity contribution >= 4 is 149 Å². The summed E-state index contributed by atoms with van der Waals surface area (Å²) in [5, 5.41) is 19.7. The van der Waals surface area contributed by atoms with Crippen LogP contribution >= 0.6 is 70.6 Å². The van der Waals surface area contributed by atoms with E-state index < -0.39 is 36.1 Å². The largest absolute Gasteiger partial charge is 0.480 e. The van der Waals surface area contributed by atoms with Crippen molar-refractivity contribution in [3.8, 4) is 0 Å². The number of aliphatic carboxylic acids is 2. The van der Waals surface area contributed by atoms with Crippen LogP contribution in [0.2, 0.25) is 0 Å². The zero-order chi connectivity index (χ0) is 53.9. The van der Waals surface area contributed by atoms with Crippen molar-refractivity contribution in [1.29, 1.82) is 0 Å². The van der Waals surface area contributed by atoms with E-state index in [1.54, 1.807) is 0 Å². The molecule has 398 valence electrons. The molecule has 0 spiro atoms. The van der Waals surface area contributed by atoms with E-state index in [0.717, 1.165) is 163 Å². The third-order valence-electron chi connectivity index (χ3n) is 13.3. The van der Waals surface area contributed by atoms with Crippen LogP contribution in [0, 0.1) is 0 Å². The van der Waals surface area contributed by atoms with E-state index in [0.29, 0.717) is 53.0 Å². The molecule has 75 heavy (non-hydrogen) atoms. The number of unbranched alkanes of at least 4 members (excludes halogenated alkanes) is 7. The molecule has 0 aliphatic carbocycles. The van der Waals surface area contributed by atoms with Crippen molar-refractivity contribution < 1.29 is 29.4 Å². The van der Waals surface area contributed by atoms with E-state index in [9.17, 15) is 39.0 Å². The number of hydrogen-bond donors (Lipinski definition) is 2. The van der Waals surface area contributed by atoms with Crippen LogP contribution in [0.25, 0.3) is 34.1 Å². The normalized spacial score (nSPS) is 17.2. The number of carboxylic acids is 2. The number of thioether (sulfide) groups is 2. The Kier molecular flexibility index (Phi) is 20.5. The smallest absolute Gasteiger partial charge is 0.323 e. The van der Waals surface area contributed by atoms with Gasteiger partial charge in [0.25, 0.3) is 22.9 Å². The molecular formula is C56H65N5O8S6. The van der Waals surface area contributed by atoms with Gasteiger partial charge in [-0.25, -0.2) is 0 Å². The fourth-order valence-corrected chi connectivity index (χ4v) is 14.8. The molecule has 2 aromatic heterocycles. The average Bonchev–Trinajstić information content (AvgIpc) is 4.02. The van der Waals surface area contributed by atoms with Crippen LogP contribution < -0.4 is 34.4 Å². The summed E-state index contributed by atoms with van der Waals surface area (Å²) in [7, 11) is 0. The maximum atomic E-state index is 14.0. The lowest BCUT2D eigenvalue weighted by Crippen LogP contribution is -2.35. The number of carbonyl (C=O) groups is 4. The van der Waals surface area contributed by atoms with Crippen molar-refractivity contribution in [2.75, 3.05) is 24.5 Å². The lowest BCUT2D eigenvalue weighted by molar-refractivity contribution is -0.138. The molecule has 0 atom stereocenters. The van der Waals surface area contributed by atoms with Crippen molar-refractivity contribution in [2.24, 2.45) is 0 Å². The summed E-state index contributed by atoms with van der Waals surface area (Å²) in [5.41, 5.74) is 7.64. The molecule has 5 heterocycles. The molecule has 2 N–H and O–H groups in total. The Labute approximate surface area is 464 Å². The number of thiazole rings is 2. The third-order valence-corrected chi connectivity index (χ3v) is 18.7. The topological polar surface area (TPSA) is 162 Å². The number of benzene rings is 2. The Morgan fingerprint density at radius 1 is 0.573 bits per heavy atom. The van der Waals surface area contributed by atoms with Crippen LogP contribution in [-0.2, 0) is 45.1 Å². The van der Waals surface area contributed by atoms with Gasteiger partial charge in [0.05, 0.1) is 9.06 Å². The maximum Gasteiger partial charge on any atom is 0.323 e. The molecule has 0 unspecified atom stereocenters. The van der Waals surface area contributed by atoms with E-state index in [4.69, 9.17) is 24.4 Å². The monoisotopic (exact) mass is 1130 g/mol. The summed E-state index contributed by atoms with van der Waals surface area (Å²) in [4.78, 5) is 84.8. The van der Waals surface area contributed by atoms with Gasteiger partial charge in [0, 0.05) is 31.0 Å². The van der Waals surface area contributed by atoms with Gasteiger partial charge in [0.2, 0.25) is 0 Å². The molecule has 3 aliphatic heterocycles. The van der Waals surface area contributed by atoms with Crippen LogP contribution in [0.5, 0.6) is 0 Å². The zero-order valence-corrected chi connectivity index (χ0v) is 48.1. The number of aromatic nitrogens is 2. The first kappa shape index (κ1) is 57.5. The standard InChI is InChI=1S/C56H65N5O8S6/c1-6-11-14-17-26-59-41-24-20-37(27-35(18-15-12-7-2)31-43-49(66)60(33-45(62)63)53(72-43)47-51(68)57(9-4)55(70)74-47)29-39(41)22-23-40-30-38(21-25-42(40)59)28-36(19-16-13-8-3)32-44-50(67)61(34-46(64)65)54(73-44)48-52(69)58(10-5)56(71)75-48/h20-21,24-25,27-32H,6-19,22-23,26,33-34H2,1-5H3,(H,62,63)(H,64,65)/b35-27+,36-28+,43-31+,44-32+,53-47+,54-48+. The Morgan fingerprint density at radius 3 is 1.36 bits per heavy atom. The van der Waals surface area contributed by atoms with Crippen molar-refractivity contribution in [3.63, 3.8) is 0 Å². The quantitative estimate of drug-likeness (QED) is 0.0535. The Balaban J connectivity index is 1.29. The maximum absolute atomic E-state index is 14.0. The Morgan fingerprint density at radius 2 is 0.987 bits per heavy atom. The van der Waals surface area contributed by atoms with Crippen LogP contribution in [0.4, 0.5) is 11.4 Å². The Hall–Kier alpha value is -5.18. The Bertz CT molecular complexity index is 3130. The second-order valence-corrected chi connectivity index (χ2v) is 24.1. The van der Waals surface area contributed by atoms with Crippen LogP contribution in [0.15, 0.2) is 57.1 Å². The number of anilines is 2. The number of nitrogens with zero attached hydrogens (tertiary/aromatic N) is 5. The van der Waals surface area contributed by atoms with Gasteiger partial charge >= 0.3 is 11.9 Å². The number of fused-ring (bicyclic) bond motifs is 2. The molecule has 13 nitrogen and oxygen atoms in total. The average molecular weight is 1130 g/mol. The molecule has 3 aliphatic rings. The second kappa shape index (κ2) is 26.7. The molecule has 19 heteroatoms. The number of rotatable bonds is 23. The minimum atomic E-state index is -1.18. The van der Waals surface area contributed by atoms with Gasteiger partial charge in [-0.05, 0) is 129 Å². The summed E-state index contributed by atoms with van der Waals surface area (Å²) in [5.74, 6) is -3.01. The first-order valence-corrected chi connectivity index (χ1v) is 30.1. The molecule has 2 amide bonds. The van der Waals surface area contributed by atoms with E-state index in [-0.39, 0.29) is 21.6 Å².